The molecule has 0 unspecified atom stereocenters. The van der Waals surface area contributed by atoms with E-state index in [9.17, 15) is 0 Å². The Kier molecular flexibility index (Phi) is 8.02. The van der Waals surface area contributed by atoms with Gasteiger partial charge in [0.2, 0.25) is 0 Å². The molecule has 34 heavy (non-hydrogen) atoms. The quantitative estimate of drug-likeness (QED) is 0.513. The van der Waals surface area contributed by atoms with Gasteiger partial charge in [0.1, 0.15) is 11.7 Å². The van der Waals surface area contributed by atoms with Crippen LogP contribution >= 0.6 is 11.6 Å². The van der Waals surface area contributed by atoms with Crippen LogP contribution in [-0.4, -0.2) is 74.8 Å². The van der Waals surface area contributed by atoms with E-state index in [4.69, 9.17) is 27.1 Å². The predicted molar refractivity (Wildman–Crippen MR) is 140 cm³/mol. The number of rotatable bonds is 6. The van der Waals surface area contributed by atoms with Gasteiger partial charge in [-0.2, -0.15) is 0 Å². The molecule has 7 heteroatoms. The maximum absolute atomic E-state index is 6.20. The molecule has 0 saturated carbocycles. The van der Waals surface area contributed by atoms with Crippen LogP contribution in [0.25, 0.3) is 5.57 Å². The van der Waals surface area contributed by atoms with Gasteiger partial charge in [-0.1, -0.05) is 41.6 Å². The third kappa shape index (κ3) is 5.87. The van der Waals surface area contributed by atoms with Crippen LogP contribution in [-0.2, 0) is 4.74 Å². The molecule has 0 atom stereocenters. The normalized spacial score (nSPS) is 17.0. The fraction of sp³-hybridized carbons (Fsp3) is 0.333. The second-order valence-electron chi connectivity index (χ2n) is 8.35. The van der Waals surface area contributed by atoms with Crippen LogP contribution in [0.3, 0.4) is 0 Å². The molecule has 0 aliphatic carbocycles. The third-order valence-corrected chi connectivity index (χ3v) is 6.33. The molecule has 2 aliphatic heterocycles. The van der Waals surface area contributed by atoms with Crippen molar-refractivity contribution in [2.75, 3.05) is 52.5 Å². The predicted octanol–water partition coefficient (Wildman–Crippen LogP) is 3.42. The van der Waals surface area contributed by atoms with Crippen molar-refractivity contribution in [3.8, 4) is 11.8 Å². The topological polar surface area (TPSA) is 66.5 Å². The molecule has 2 aromatic carbocycles. The molecule has 0 spiro atoms. The van der Waals surface area contributed by atoms with E-state index >= 15 is 0 Å². The van der Waals surface area contributed by atoms with Crippen molar-refractivity contribution in [2.45, 2.75) is 6.92 Å². The van der Waals surface area contributed by atoms with Gasteiger partial charge in [-0.3, -0.25) is 9.89 Å². The number of hydrogen-bond acceptors (Lipinski definition) is 6. The first-order valence-corrected chi connectivity index (χ1v) is 11.9. The van der Waals surface area contributed by atoms with Crippen molar-refractivity contribution in [3.63, 3.8) is 0 Å². The number of allylic oxidation sites excluding steroid dienone is 1. The number of hydrogen-bond donors (Lipinski definition) is 1. The molecular formula is C27H30ClN5O. The highest BCUT2D eigenvalue weighted by molar-refractivity contribution is 6.30. The Bertz CT molecular complexity index is 1150. The summed E-state index contributed by atoms with van der Waals surface area (Å²) in [6.07, 6.45) is 0. The standard InChI is InChI=1S/C27H30ClN5O/c1-20-3-9-23(28)19-25(20)24(26(29)30-2)10-6-21-4-7-22(8-5-21)27-31-11-12-33(27)14-13-32-15-17-34-18-16-32/h3-5,7-9,19H,2,11-18,29H2,1H3/b26-24-. The fourth-order valence-corrected chi connectivity index (χ4v) is 4.28. The molecule has 2 N–H and O–H groups in total. The minimum atomic E-state index is 0.283. The van der Waals surface area contributed by atoms with Crippen molar-refractivity contribution in [3.05, 3.63) is 75.6 Å². The van der Waals surface area contributed by atoms with Gasteiger partial charge in [-0.05, 0) is 49.0 Å². The molecule has 4 rings (SSSR count). The van der Waals surface area contributed by atoms with E-state index in [1.54, 1.807) is 0 Å². The number of nitrogens with two attached hydrogens (primary N) is 1. The summed E-state index contributed by atoms with van der Waals surface area (Å²) >= 11 is 6.20. The Morgan fingerprint density at radius 2 is 1.91 bits per heavy atom. The van der Waals surface area contributed by atoms with Crippen LogP contribution in [0.5, 0.6) is 0 Å². The van der Waals surface area contributed by atoms with E-state index in [-0.39, 0.29) is 5.82 Å². The molecule has 0 aromatic heterocycles. The van der Waals surface area contributed by atoms with Gasteiger partial charge in [0, 0.05) is 48.9 Å². The Morgan fingerprint density at radius 3 is 2.65 bits per heavy atom. The molecule has 0 bridgehead atoms. The summed E-state index contributed by atoms with van der Waals surface area (Å²) in [7, 11) is 0. The summed E-state index contributed by atoms with van der Waals surface area (Å²) in [6, 6.07) is 13.8. The van der Waals surface area contributed by atoms with Gasteiger partial charge in [0.05, 0.1) is 25.3 Å². The first kappa shape index (κ1) is 24.0. The molecule has 0 amide bonds. The fourth-order valence-electron chi connectivity index (χ4n) is 4.11. The lowest BCUT2D eigenvalue weighted by molar-refractivity contribution is 0.0362. The van der Waals surface area contributed by atoms with Crippen molar-refractivity contribution < 1.29 is 4.74 Å². The van der Waals surface area contributed by atoms with E-state index in [2.05, 4.69) is 45.5 Å². The van der Waals surface area contributed by atoms with E-state index in [0.717, 1.165) is 80.6 Å². The number of morpholine rings is 1. The SMILES string of the molecule is C=N/C(N)=C(/C#Cc1ccc(C2=NCCN2CCN2CCOCC2)cc1)c1cc(Cl)ccc1C. The van der Waals surface area contributed by atoms with Crippen LogP contribution in [0.2, 0.25) is 5.02 Å². The molecule has 2 aliphatic rings. The lowest BCUT2D eigenvalue weighted by Crippen LogP contribution is -2.42. The molecule has 1 fully saturated rings. The van der Waals surface area contributed by atoms with Crippen molar-refractivity contribution in [1.29, 1.82) is 0 Å². The van der Waals surface area contributed by atoms with Gasteiger partial charge in [-0.15, -0.1) is 0 Å². The average Bonchev–Trinajstić information content (AvgIpc) is 3.34. The van der Waals surface area contributed by atoms with Crippen LogP contribution < -0.4 is 5.73 Å². The highest BCUT2D eigenvalue weighted by Crippen LogP contribution is 2.24. The largest absolute Gasteiger partial charge is 0.383 e. The van der Waals surface area contributed by atoms with Gasteiger partial charge < -0.3 is 15.4 Å². The highest BCUT2D eigenvalue weighted by Gasteiger charge is 2.20. The minimum absolute atomic E-state index is 0.283. The molecule has 176 valence electrons. The van der Waals surface area contributed by atoms with Gasteiger partial charge in [0.15, 0.2) is 0 Å². The summed E-state index contributed by atoms with van der Waals surface area (Å²) in [5.41, 5.74) is 10.6. The average molecular weight is 476 g/mol. The smallest absolute Gasteiger partial charge is 0.139 e. The number of halogens is 1. The minimum Gasteiger partial charge on any atom is -0.383 e. The second kappa shape index (κ2) is 11.3. The van der Waals surface area contributed by atoms with Crippen LogP contribution in [0.15, 0.2) is 58.3 Å². The van der Waals surface area contributed by atoms with Crippen LogP contribution in [0.4, 0.5) is 0 Å². The number of ether oxygens (including phenoxy) is 1. The number of aryl methyl sites for hydroxylation is 1. The zero-order valence-electron chi connectivity index (χ0n) is 19.6. The Labute approximate surface area is 206 Å². The Morgan fingerprint density at radius 1 is 1.15 bits per heavy atom. The second-order valence-corrected chi connectivity index (χ2v) is 8.79. The van der Waals surface area contributed by atoms with Gasteiger partial charge in [-0.25, -0.2) is 4.99 Å². The maximum atomic E-state index is 6.20. The Balaban J connectivity index is 1.48. The number of nitrogens with zero attached hydrogens (tertiary/aromatic N) is 4. The van der Waals surface area contributed by atoms with E-state index in [0.29, 0.717) is 10.6 Å². The zero-order chi connectivity index (χ0) is 23.9. The summed E-state index contributed by atoms with van der Waals surface area (Å²) in [4.78, 5) is 13.5. The Hall–Kier alpha value is -3.11. The number of aliphatic imine (C=N–C) groups is 2. The molecule has 2 aromatic rings. The van der Waals surface area contributed by atoms with E-state index < -0.39 is 0 Å². The third-order valence-electron chi connectivity index (χ3n) is 6.09. The molecule has 0 radical (unpaired) electrons. The first-order chi connectivity index (χ1) is 16.5. The summed E-state index contributed by atoms with van der Waals surface area (Å²) < 4.78 is 5.45. The lowest BCUT2D eigenvalue weighted by Gasteiger charge is -2.29. The van der Waals surface area contributed by atoms with Crippen molar-refractivity contribution in [1.82, 2.24) is 9.80 Å². The number of amidine groups is 1. The zero-order valence-corrected chi connectivity index (χ0v) is 20.3. The summed E-state index contributed by atoms with van der Waals surface area (Å²) in [5.74, 6) is 7.73. The van der Waals surface area contributed by atoms with Gasteiger partial charge in [0.25, 0.3) is 0 Å². The lowest BCUT2D eigenvalue weighted by atomic mass is 10.0. The summed E-state index contributed by atoms with van der Waals surface area (Å²) in [6.45, 7) is 13.0. The molecule has 2 heterocycles. The van der Waals surface area contributed by atoms with Crippen molar-refractivity contribution >= 4 is 29.7 Å². The summed E-state index contributed by atoms with van der Waals surface area (Å²) in [5, 5.41) is 0.622. The monoisotopic (exact) mass is 475 g/mol. The molecule has 1 saturated heterocycles. The maximum Gasteiger partial charge on any atom is 0.139 e. The number of benzene rings is 2. The van der Waals surface area contributed by atoms with Crippen molar-refractivity contribution in [2.24, 2.45) is 15.7 Å². The van der Waals surface area contributed by atoms with E-state index in [1.807, 2.05) is 37.3 Å². The molecule has 6 nitrogen and oxygen atoms in total. The van der Waals surface area contributed by atoms with Crippen LogP contribution in [0, 0.1) is 18.8 Å². The highest BCUT2D eigenvalue weighted by atomic mass is 35.5. The molecular weight excluding hydrogens is 446 g/mol. The van der Waals surface area contributed by atoms with Gasteiger partial charge >= 0.3 is 0 Å². The first-order valence-electron chi connectivity index (χ1n) is 11.5. The van der Waals surface area contributed by atoms with E-state index in [1.165, 1.54) is 0 Å². The van der Waals surface area contributed by atoms with Crippen LogP contribution in [0.1, 0.15) is 22.3 Å².